The zero-order valence-corrected chi connectivity index (χ0v) is 15.2. The van der Waals surface area contributed by atoms with Gasteiger partial charge in [0.05, 0.1) is 0 Å². The van der Waals surface area contributed by atoms with Crippen LogP contribution in [0.25, 0.3) is 0 Å². The van der Waals surface area contributed by atoms with E-state index in [4.69, 9.17) is 0 Å². The van der Waals surface area contributed by atoms with Crippen molar-refractivity contribution in [1.82, 2.24) is 15.1 Å². The molecule has 2 saturated heterocycles. The number of likely N-dealkylation sites (N-methyl/N-ethyl adjacent to an activating group) is 1. The number of rotatable bonds is 8. The van der Waals surface area contributed by atoms with Gasteiger partial charge in [-0.05, 0) is 51.4 Å². The Labute approximate surface area is 150 Å². The molecule has 2 aliphatic rings. The third kappa shape index (κ3) is 4.59. The summed E-state index contributed by atoms with van der Waals surface area (Å²) in [6.07, 6.45) is 5.03. The number of likely N-dealkylation sites (tertiary alicyclic amines) is 2. The van der Waals surface area contributed by atoms with Crippen molar-refractivity contribution in [3.05, 3.63) is 35.6 Å². The average Bonchev–Trinajstić information content (AvgIpc) is 3.21. The van der Waals surface area contributed by atoms with Crippen LogP contribution in [0.5, 0.6) is 0 Å². The van der Waals surface area contributed by atoms with Crippen molar-refractivity contribution >= 4 is 5.91 Å². The minimum Gasteiger partial charge on any atom is -0.338 e. The highest BCUT2D eigenvalue weighted by Crippen LogP contribution is 2.25. The van der Waals surface area contributed by atoms with Crippen LogP contribution in [0.3, 0.4) is 0 Å². The van der Waals surface area contributed by atoms with Gasteiger partial charge in [0, 0.05) is 37.2 Å². The molecular weight excluding hydrogens is 317 g/mol. The smallest absolute Gasteiger partial charge is 0.222 e. The van der Waals surface area contributed by atoms with E-state index in [1.165, 1.54) is 18.9 Å². The summed E-state index contributed by atoms with van der Waals surface area (Å²) in [6, 6.07) is 7.74. The van der Waals surface area contributed by atoms with Crippen molar-refractivity contribution in [3.8, 4) is 0 Å². The van der Waals surface area contributed by atoms with Gasteiger partial charge in [0.1, 0.15) is 5.82 Å². The molecule has 0 bridgehead atoms. The van der Waals surface area contributed by atoms with Crippen LogP contribution in [0.4, 0.5) is 4.39 Å². The third-order valence-electron chi connectivity index (χ3n) is 5.69. The van der Waals surface area contributed by atoms with Crippen molar-refractivity contribution in [2.45, 2.75) is 57.7 Å². The van der Waals surface area contributed by atoms with Crippen LogP contribution in [0.2, 0.25) is 0 Å². The lowest BCUT2D eigenvalue weighted by atomic mass is 10.1. The molecule has 25 heavy (non-hydrogen) atoms. The summed E-state index contributed by atoms with van der Waals surface area (Å²) in [5.74, 6) is 0.149. The van der Waals surface area contributed by atoms with Crippen molar-refractivity contribution in [3.63, 3.8) is 0 Å². The fourth-order valence-electron chi connectivity index (χ4n) is 4.22. The average molecular weight is 347 g/mol. The van der Waals surface area contributed by atoms with E-state index in [0.717, 1.165) is 39.0 Å². The standard InChI is InChI=1S/C20H30FN3O/c1-2-23-13-5-7-18(23)15-24-17(9-10-20(24)25)11-12-22-14-16-6-3-4-8-19(16)21/h3-4,6,8,17-18,22H,2,5,7,9-15H2,1H3. The van der Waals surface area contributed by atoms with Gasteiger partial charge in [0.15, 0.2) is 0 Å². The molecule has 2 unspecified atom stereocenters. The fraction of sp³-hybridized carbons (Fsp3) is 0.650. The Hall–Kier alpha value is -1.46. The summed E-state index contributed by atoms with van der Waals surface area (Å²) < 4.78 is 13.6. The number of halogens is 1. The van der Waals surface area contributed by atoms with Crippen molar-refractivity contribution in [2.75, 3.05) is 26.2 Å². The lowest BCUT2D eigenvalue weighted by Gasteiger charge is -2.31. The summed E-state index contributed by atoms with van der Waals surface area (Å²) >= 11 is 0. The Bertz CT molecular complexity index is 580. The molecule has 5 heteroatoms. The van der Waals surface area contributed by atoms with Gasteiger partial charge in [-0.25, -0.2) is 4.39 Å². The SMILES string of the molecule is CCN1CCCC1CN1C(=O)CCC1CCNCc1ccccc1F. The van der Waals surface area contributed by atoms with Gasteiger partial charge in [-0.2, -0.15) is 0 Å². The summed E-state index contributed by atoms with van der Waals surface area (Å²) in [6.45, 7) is 6.67. The monoisotopic (exact) mass is 347 g/mol. The molecule has 2 aliphatic heterocycles. The minimum absolute atomic E-state index is 0.159. The van der Waals surface area contributed by atoms with Gasteiger partial charge in [-0.1, -0.05) is 25.1 Å². The van der Waals surface area contributed by atoms with Gasteiger partial charge < -0.3 is 10.2 Å². The van der Waals surface area contributed by atoms with Gasteiger partial charge in [-0.3, -0.25) is 9.69 Å². The molecule has 0 radical (unpaired) electrons. The first-order valence-corrected chi connectivity index (χ1v) is 9.66. The number of nitrogens with one attached hydrogen (secondary N) is 1. The van der Waals surface area contributed by atoms with Crippen molar-refractivity contribution in [1.29, 1.82) is 0 Å². The zero-order valence-electron chi connectivity index (χ0n) is 15.2. The molecule has 0 aliphatic carbocycles. The van der Waals surface area contributed by atoms with E-state index in [1.807, 2.05) is 12.1 Å². The first kappa shape index (κ1) is 18.3. The van der Waals surface area contributed by atoms with Crippen molar-refractivity contribution < 1.29 is 9.18 Å². The molecule has 0 saturated carbocycles. The summed E-state index contributed by atoms with van der Waals surface area (Å²) in [5, 5.41) is 3.33. The Morgan fingerprint density at radius 3 is 2.88 bits per heavy atom. The number of hydrogen-bond acceptors (Lipinski definition) is 3. The summed E-state index contributed by atoms with van der Waals surface area (Å²) in [7, 11) is 0. The molecule has 2 heterocycles. The lowest BCUT2D eigenvalue weighted by molar-refractivity contribution is -0.129. The van der Waals surface area contributed by atoms with Crippen LogP contribution in [0.1, 0.15) is 44.6 Å². The Morgan fingerprint density at radius 1 is 1.24 bits per heavy atom. The molecule has 1 aromatic carbocycles. The number of benzene rings is 1. The molecule has 0 aromatic heterocycles. The van der Waals surface area contributed by atoms with E-state index in [-0.39, 0.29) is 5.82 Å². The van der Waals surface area contributed by atoms with Gasteiger partial charge in [0.2, 0.25) is 5.91 Å². The molecule has 1 N–H and O–H groups in total. The molecule has 1 aromatic rings. The van der Waals surface area contributed by atoms with Crippen molar-refractivity contribution in [2.24, 2.45) is 0 Å². The Balaban J connectivity index is 1.46. The number of nitrogens with zero attached hydrogens (tertiary/aromatic N) is 2. The molecule has 1 amide bonds. The molecular formula is C20H30FN3O. The quantitative estimate of drug-likeness (QED) is 0.735. The predicted octanol–water partition coefficient (Wildman–Crippen LogP) is 2.78. The largest absolute Gasteiger partial charge is 0.338 e. The highest BCUT2D eigenvalue weighted by Gasteiger charge is 2.34. The van der Waals surface area contributed by atoms with Gasteiger partial charge in [0.25, 0.3) is 0 Å². The topological polar surface area (TPSA) is 35.6 Å². The van der Waals surface area contributed by atoms with Gasteiger partial charge in [-0.15, -0.1) is 0 Å². The van der Waals surface area contributed by atoms with Gasteiger partial charge >= 0.3 is 0 Å². The van der Waals surface area contributed by atoms with E-state index in [9.17, 15) is 9.18 Å². The minimum atomic E-state index is -0.159. The number of carbonyl (C=O) groups excluding carboxylic acids is 1. The van der Waals surface area contributed by atoms with E-state index in [2.05, 4.69) is 22.0 Å². The predicted molar refractivity (Wildman–Crippen MR) is 97.7 cm³/mol. The maximum Gasteiger partial charge on any atom is 0.222 e. The third-order valence-corrected chi connectivity index (χ3v) is 5.69. The summed E-state index contributed by atoms with van der Waals surface area (Å²) in [5.41, 5.74) is 0.700. The molecule has 3 rings (SSSR count). The maximum atomic E-state index is 13.6. The van der Waals surface area contributed by atoms with E-state index in [1.54, 1.807) is 6.07 Å². The van der Waals surface area contributed by atoms with Crippen LogP contribution < -0.4 is 5.32 Å². The number of carbonyl (C=O) groups is 1. The zero-order chi connectivity index (χ0) is 17.6. The second-order valence-corrected chi connectivity index (χ2v) is 7.22. The maximum absolute atomic E-state index is 13.6. The molecule has 138 valence electrons. The van der Waals surface area contributed by atoms with Crippen LogP contribution in [0.15, 0.2) is 24.3 Å². The fourth-order valence-corrected chi connectivity index (χ4v) is 4.22. The molecule has 2 atom stereocenters. The first-order chi connectivity index (χ1) is 12.2. The van der Waals surface area contributed by atoms with E-state index >= 15 is 0 Å². The highest BCUT2D eigenvalue weighted by atomic mass is 19.1. The molecule has 0 spiro atoms. The van der Waals surface area contributed by atoms with E-state index in [0.29, 0.717) is 36.5 Å². The Kier molecular flexibility index (Phi) is 6.43. The Morgan fingerprint density at radius 2 is 2.08 bits per heavy atom. The summed E-state index contributed by atoms with van der Waals surface area (Å²) in [4.78, 5) is 16.9. The highest BCUT2D eigenvalue weighted by molar-refractivity contribution is 5.78. The molecule has 2 fully saturated rings. The number of amides is 1. The molecule has 4 nitrogen and oxygen atoms in total. The van der Waals surface area contributed by atoms with Crippen LogP contribution in [0, 0.1) is 5.82 Å². The first-order valence-electron chi connectivity index (χ1n) is 9.66. The lowest BCUT2D eigenvalue weighted by Crippen LogP contribution is -2.44. The second kappa shape index (κ2) is 8.77. The second-order valence-electron chi connectivity index (χ2n) is 7.22. The van der Waals surface area contributed by atoms with Crippen LogP contribution in [-0.4, -0.2) is 54.0 Å². The normalized spacial score (nSPS) is 24.4. The van der Waals surface area contributed by atoms with Crippen LogP contribution in [-0.2, 0) is 11.3 Å². The number of hydrogen-bond donors (Lipinski definition) is 1. The van der Waals surface area contributed by atoms with E-state index < -0.39 is 0 Å². The van der Waals surface area contributed by atoms with Crippen LogP contribution >= 0.6 is 0 Å².